The number of aromatic nitrogens is 1. The molecule has 0 amide bonds. The molecular weight excluding hydrogens is 241 g/mol. The lowest BCUT2D eigenvalue weighted by Gasteiger charge is -2.01. The average molecular weight is 250 g/mol. The van der Waals surface area contributed by atoms with Crippen LogP contribution < -0.4 is 0 Å². The van der Waals surface area contributed by atoms with Gasteiger partial charge in [-0.05, 0) is 42.0 Å². The SMILES string of the molecule is O=C(Cc1ccnc(Cl)c1)c1ccc(F)cc1. The quantitative estimate of drug-likeness (QED) is 0.617. The molecule has 1 aromatic carbocycles. The molecule has 0 aliphatic heterocycles. The van der Waals surface area contributed by atoms with Crippen LogP contribution in [0.1, 0.15) is 15.9 Å². The summed E-state index contributed by atoms with van der Waals surface area (Å²) in [5.74, 6) is -0.430. The van der Waals surface area contributed by atoms with Crippen molar-refractivity contribution < 1.29 is 9.18 Å². The first-order chi connectivity index (χ1) is 8.15. The van der Waals surface area contributed by atoms with Gasteiger partial charge in [0.15, 0.2) is 5.78 Å². The molecule has 0 N–H and O–H groups in total. The van der Waals surface area contributed by atoms with E-state index in [-0.39, 0.29) is 18.0 Å². The fraction of sp³-hybridized carbons (Fsp3) is 0.0769. The maximum absolute atomic E-state index is 12.7. The van der Waals surface area contributed by atoms with E-state index in [0.717, 1.165) is 5.56 Å². The number of pyridine rings is 1. The van der Waals surface area contributed by atoms with Gasteiger partial charge in [0.1, 0.15) is 11.0 Å². The van der Waals surface area contributed by atoms with E-state index in [1.165, 1.54) is 24.3 Å². The van der Waals surface area contributed by atoms with Crippen molar-refractivity contribution >= 4 is 17.4 Å². The summed E-state index contributed by atoms with van der Waals surface area (Å²) in [5, 5.41) is 0.356. The second-order valence-corrected chi connectivity index (χ2v) is 3.98. The molecule has 0 bridgehead atoms. The number of rotatable bonds is 3. The summed E-state index contributed by atoms with van der Waals surface area (Å²) in [6.45, 7) is 0. The summed E-state index contributed by atoms with van der Waals surface area (Å²) in [4.78, 5) is 15.7. The Morgan fingerprint density at radius 3 is 2.59 bits per heavy atom. The highest BCUT2D eigenvalue weighted by Gasteiger charge is 2.07. The Balaban J connectivity index is 2.14. The number of ketones is 1. The number of hydrogen-bond acceptors (Lipinski definition) is 2. The number of carbonyl (C=O) groups is 1. The van der Waals surface area contributed by atoms with E-state index < -0.39 is 0 Å². The number of carbonyl (C=O) groups excluding carboxylic acids is 1. The summed E-state index contributed by atoms with van der Waals surface area (Å²) in [6, 6.07) is 8.86. The van der Waals surface area contributed by atoms with Gasteiger partial charge in [0.25, 0.3) is 0 Å². The van der Waals surface area contributed by atoms with E-state index >= 15 is 0 Å². The first-order valence-corrected chi connectivity index (χ1v) is 5.42. The summed E-state index contributed by atoms with van der Waals surface area (Å²) >= 11 is 5.72. The Kier molecular flexibility index (Phi) is 3.49. The molecule has 0 atom stereocenters. The maximum Gasteiger partial charge on any atom is 0.167 e. The van der Waals surface area contributed by atoms with Crippen molar-refractivity contribution in [3.63, 3.8) is 0 Å². The van der Waals surface area contributed by atoms with Crippen LogP contribution in [-0.2, 0) is 6.42 Å². The van der Waals surface area contributed by atoms with Crippen LogP contribution in [0.3, 0.4) is 0 Å². The van der Waals surface area contributed by atoms with E-state index in [1.807, 2.05) is 0 Å². The lowest BCUT2D eigenvalue weighted by molar-refractivity contribution is 0.0993. The van der Waals surface area contributed by atoms with Crippen molar-refractivity contribution in [2.75, 3.05) is 0 Å². The van der Waals surface area contributed by atoms with E-state index in [0.29, 0.717) is 10.7 Å². The van der Waals surface area contributed by atoms with E-state index in [9.17, 15) is 9.18 Å². The van der Waals surface area contributed by atoms with Crippen LogP contribution in [-0.4, -0.2) is 10.8 Å². The molecule has 2 nitrogen and oxygen atoms in total. The number of benzene rings is 1. The molecule has 0 unspecified atom stereocenters. The van der Waals surface area contributed by atoms with Crippen LogP contribution in [0.4, 0.5) is 4.39 Å². The molecule has 0 fully saturated rings. The van der Waals surface area contributed by atoms with Crippen molar-refractivity contribution in [1.82, 2.24) is 4.98 Å². The van der Waals surface area contributed by atoms with E-state index in [2.05, 4.69) is 4.98 Å². The molecule has 17 heavy (non-hydrogen) atoms. The van der Waals surface area contributed by atoms with Crippen LogP contribution in [0.5, 0.6) is 0 Å². The van der Waals surface area contributed by atoms with Gasteiger partial charge in [0.05, 0.1) is 0 Å². The zero-order valence-electron chi connectivity index (χ0n) is 8.86. The normalized spacial score (nSPS) is 10.2. The predicted molar refractivity (Wildman–Crippen MR) is 63.7 cm³/mol. The molecule has 2 rings (SSSR count). The highest BCUT2D eigenvalue weighted by molar-refractivity contribution is 6.29. The van der Waals surface area contributed by atoms with Crippen LogP contribution in [0, 0.1) is 5.82 Å². The Morgan fingerprint density at radius 2 is 1.94 bits per heavy atom. The van der Waals surface area contributed by atoms with Crippen molar-refractivity contribution in [1.29, 1.82) is 0 Å². The molecule has 0 saturated carbocycles. The highest BCUT2D eigenvalue weighted by Crippen LogP contribution is 2.11. The Morgan fingerprint density at radius 1 is 1.24 bits per heavy atom. The summed E-state index contributed by atoms with van der Waals surface area (Å²) in [5.41, 5.74) is 1.28. The van der Waals surface area contributed by atoms with Gasteiger partial charge in [-0.2, -0.15) is 0 Å². The molecular formula is C13H9ClFNO. The zero-order valence-corrected chi connectivity index (χ0v) is 9.62. The highest BCUT2D eigenvalue weighted by atomic mass is 35.5. The second-order valence-electron chi connectivity index (χ2n) is 3.59. The predicted octanol–water partition coefficient (Wildman–Crippen LogP) is 3.30. The maximum atomic E-state index is 12.7. The van der Waals surface area contributed by atoms with Crippen molar-refractivity contribution in [2.45, 2.75) is 6.42 Å². The molecule has 2 aromatic rings. The van der Waals surface area contributed by atoms with Crippen molar-refractivity contribution in [3.8, 4) is 0 Å². The lowest BCUT2D eigenvalue weighted by Crippen LogP contribution is -2.03. The molecule has 0 aliphatic rings. The Hall–Kier alpha value is -1.74. The second kappa shape index (κ2) is 5.06. The van der Waals surface area contributed by atoms with Crippen LogP contribution in [0.15, 0.2) is 42.6 Å². The molecule has 1 heterocycles. The van der Waals surface area contributed by atoms with Gasteiger partial charge < -0.3 is 0 Å². The average Bonchev–Trinajstić information content (AvgIpc) is 2.29. The van der Waals surface area contributed by atoms with Gasteiger partial charge in [-0.25, -0.2) is 9.37 Å². The summed E-state index contributed by atoms with van der Waals surface area (Å²) in [7, 11) is 0. The van der Waals surface area contributed by atoms with Gasteiger partial charge in [-0.3, -0.25) is 4.79 Å². The van der Waals surface area contributed by atoms with E-state index in [1.54, 1.807) is 18.3 Å². The minimum absolute atomic E-state index is 0.0766. The topological polar surface area (TPSA) is 30.0 Å². The molecule has 4 heteroatoms. The fourth-order valence-corrected chi connectivity index (χ4v) is 1.67. The third kappa shape index (κ3) is 3.11. The molecule has 0 saturated heterocycles. The van der Waals surface area contributed by atoms with Crippen molar-refractivity contribution in [3.05, 3.63) is 64.7 Å². The molecule has 0 radical (unpaired) electrons. The van der Waals surface area contributed by atoms with Gasteiger partial charge in [0.2, 0.25) is 0 Å². The third-order valence-corrected chi connectivity index (χ3v) is 2.53. The van der Waals surface area contributed by atoms with Crippen LogP contribution in [0.2, 0.25) is 5.15 Å². The smallest absolute Gasteiger partial charge is 0.167 e. The fourth-order valence-electron chi connectivity index (χ4n) is 1.48. The van der Waals surface area contributed by atoms with Gasteiger partial charge in [0, 0.05) is 18.2 Å². The number of halogens is 2. The Bertz CT molecular complexity index is 539. The van der Waals surface area contributed by atoms with Crippen LogP contribution in [0.25, 0.3) is 0 Å². The largest absolute Gasteiger partial charge is 0.294 e. The minimum Gasteiger partial charge on any atom is -0.294 e. The van der Waals surface area contributed by atoms with Crippen molar-refractivity contribution in [2.24, 2.45) is 0 Å². The number of nitrogens with zero attached hydrogens (tertiary/aromatic N) is 1. The summed E-state index contributed by atoms with van der Waals surface area (Å²) in [6.07, 6.45) is 1.78. The first-order valence-electron chi connectivity index (χ1n) is 5.04. The minimum atomic E-state index is -0.353. The molecule has 86 valence electrons. The van der Waals surface area contributed by atoms with Gasteiger partial charge >= 0.3 is 0 Å². The number of Topliss-reactive ketones (excluding diaryl/α,β-unsaturated/α-hetero) is 1. The summed E-state index contributed by atoms with van der Waals surface area (Å²) < 4.78 is 12.7. The lowest BCUT2D eigenvalue weighted by atomic mass is 10.0. The van der Waals surface area contributed by atoms with Crippen LogP contribution >= 0.6 is 11.6 Å². The third-order valence-electron chi connectivity index (χ3n) is 2.32. The van der Waals surface area contributed by atoms with Gasteiger partial charge in [-0.15, -0.1) is 0 Å². The van der Waals surface area contributed by atoms with E-state index in [4.69, 9.17) is 11.6 Å². The molecule has 1 aromatic heterocycles. The first kappa shape index (κ1) is 11.7. The zero-order chi connectivity index (χ0) is 12.3. The Labute approximate surface area is 103 Å². The van der Waals surface area contributed by atoms with Gasteiger partial charge in [-0.1, -0.05) is 11.6 Å². The number of hydrogen-bond donors (Lipinski definition) is 0. The molecule has 0 aliphatic carbocycles. The molecule has 0 spiro atoms. The standard InChI is InChI=1S/C13H9ClFNO/c14-13-8-9(5-6-16-13)7-12(17)10-1-3-11(15)4-2-10/h1-6,8H,7H2. The monoisotopic (exact) mass is 249 g/mol.